The van der Waals surface area contributed by atoms with Crippen molar-refractivity contribution in [2.45, 2.75) is 72.2 Å². The molecule has 0 bridgehead atoms. The lowest BCUT2D eigenvalue weighted by Gasteiger charge is -2.48. The number of aliphatic hydroxyl groups excluding tert-OH is 1. The zero-order valence-electron chi connectivity index (χ0n) is 22.8. The molecule has 2 amide bonds. The van der Waals surface area contributed by atoms with Crippen LogP contribution >= 0.6 is 0 Å². The van der Waals surface area contributed by atoms with Crippen molar-refractivity contribution in [3.05, 3.63) is 29.6 Å². The van der Waals surface area contributed by atoms with Crippen LogP contribution in [0.5, 0.6) is 0 Å². The maximum atomic E-state index is 14.2. The number of carbonyl (C=O) groups is 3. The first-order valence-electron chi connectivity index (χ1n) is 12.5. The molecule has 0 saturated carbocycles. The number of amides is 2. The van der Waals surface area contributed by atoms with E-state index in [9.17, 15) is 29.0 Å². The summed E-state index contributed by atoms with van der Waals surface area (Å²) in [5, 5.41) is 19.9. The summed E-state index contributed by atoms with van der Waals surface area (Å²) >= 11 is 0. The number of nitrogens with two attached hydrogens (primary N) is 3. The number of primary amides is 1. The fraction of sp³-hybridized carbons (Fsp3) is 0.654. The molecule has 3 atom stereocenters. The molecule has 210 valence electrons. The van der Waals surface area contributed by atoms with E-state index in [1.165, 1.54) is 6.07 Å². The number of hydrogen-bond acceptors (Lipinski definition) is 7. The van der Waals surface area contributed by atoms with E-state index >= 15 is 0 Å². The molecule has 0 aromatic heterocycles. The number of aliphatic hydroxyl groups is 1. The summed E-state index contributed by atoms with van der Waals surface area (Å²) in [7, 11) is 0. The van der Waals surface area contributed by atoms with Gasteiger partial charge in [-0.25, -0.2) is 4.39 Å². The first-order valence-corrected chi connectivity index (χ1v) is 12.5. The highest BCUT2D eigenvalue weighted by Crippen LogP contribution is 2.30. The Bertz CT molecular complexity index is 940. The van der Waals surface area contributed by atoms with E-state index in [1.807, 2.05) is 18.7 Å². The molecule has 1 aromatic rings. The Kier molecular flexibility index (Phi) is 12.1. The molecule has 10 nitrogen and oxygen atoms in total. The average Bonchev–Trinajstić information content (AvgIpc) is 2.79. The number of piperazine rings is 1. The Morgan fingerprint density at radius 1 is 1.19 bits per heavy atom. The molecule has 1 fully saturated rings. The second-order valence-corrected chi connectivity index (χ2v) is 10.8. The fourth-order valence-corrected chi connectivity index (χ4v) is 4.04. The van der Waals surface area contributed by atoms with E-state index in [0.29, 0.717) is 17.8 Å². The van der Waals surface area contributed by atoms with Gasteiger partial charge in [-0.1, -0.05) is 33.8 Å². The van der Waals surface area contributed by atoms with E-state index in [4.69, 9.17) is 17.2 Å². The number of carboxylic acids is 1. The number of halogens is 1. The number of hydrogen-bond donors (Lipinski definition) is 5. The maximum absolute atomic E-state index is 14.2. The minimum Gasteiger partial charge on any atom is -0.481 e. The topological polar surface area (TPSA) is 176 Å². The number of carbonyl (C=O) groups excluding carboxylic acids is 2. The number of carboxylic acid groups (broad SMARTS) is 1. The summed E-state index contributed by atoms with van der Waals surface area (Å²) in [6.45, 7) is 11.6. The van der Waals surface area contributed by atoms with Crippen molar-refractivity contribution in [3.8, 4) is 0 Å². The molecule has 8 N–H and O–H groups in total. The predicted octanol–water partition coefficient (Wildman–Crippen LogP) is 1.27. The minimum atomic E-state index is -1.01. The van der Waals surface area contributed by atoms with E-state index in [-0.39, 0.29) is 49.7 Å². The van der Waals surface area contributed by atoms with E-state index in [0.717, 1.165) is 0 Å². The van der Waals surface area contributed by atoms with Crippen LogP contribution in [-0.2, 0) is 20.9 Å². The van der Waals surface area contributed by atoms with Gasteiger partial charge in [0.1, 0.15) is 5.82 Å². The molecular formula is C26H44FN5O5. The molecule has 0 aliphatic carbocycles. The largest absolute Gasteiger partial charge is 0.481 e. The van der Waals surface area contributed by atoms with Crippen LogP contribution in [-0.4, -0.2) is 70.2 Å². The van der Waals surface area contributed by atoms with Crippen molar-refractivity contribution in [1.82, 2.24) is 4.90 Å². The lowest BCUT2D eigenvalue weighted by molar-refractivity contribution is -0.144. The summed E-state index contributed by atoms with van der Waals surface area (Å²) in [4.78, 5) is 37.7. The highest BCUT2D eigenvalue weighted by molar-refractivity contribution is 5.96. The van der Waals surface area contributed by atoms with Crippen LogP contribution in [0.2, 0.25) is 0 Å². The zero-order chi connectivity index (χ0) is 28.7. The van der Waals surface area contributed by atoms with Gasteiger partial charge in [0.2, 0.25) is 11.8 Å². The second-order valence-electron chi connectivity index (χ2n) is 10.8. The number of nitrogens with zero attached hydrogens (tertiary/aromatic N) is 2. The van der Waals surface area contributed by atoms with Crippen molar-refractivity contribution in [2.24, 2.45) is 35.0 Å². The molecule has 2 rings (SSSR count). The van der Waals surface area contributed by atoms with E-state index in [1.54, 1.807) is 44.7 Å². The van der Waals surface area contributed by atoms with Gasteiger partial charge in [0.15, 0.2) is 0 Å². The molecule has 37 heavy (non-hydrogen) atoms. The highest BCUT2D eigenvalue weighted by Gasteiger charge is 2.40. The summed E-state index contributed by atoms with van der Waals surface area (Å²) in [6, 6.07) is 3.84. The van der Waals surface area contributed by atoms with Crippen LogP contribution in [0.25, 0.3) is 0 Å². The van der Waals surface area contributed by atoms with Crippen molar-refractivity contribution in [3.63, 3.8) is 0 Å². The van der Waals surface area contributed by atoms with Crippen molar-refractivity contribution in [2.75, 3.05) is 24.5 Å². The van der Waals surface area contributed by atoms with Crippen LogP contribution in [0.1, 0.15) is 53.5 Å². The summed E-state index contributed by atoms with van der Waals surface area (Å²) in [6.07, 6.45) is -0.967. The van der Waals surface area contributed by atoms with Crippen molar-refractivity contribution >= 4 is 23.5 Å². The second kappa shape index (κ2) is 13.8. The Labute approximate surface area is 219 Å². The van der Waals surface area contributed by atoms with Crippen LogP contribution in [0, 0.1) is 23.6 Å². The Balaban J connectivity index is 0.00000102. The third kappa shape index (κ3) is 9.03. The lowest BCUT2D eigenvalue weighted by atomic mass is 9.87. The first-order chi connectivity index (χ1) is 17.0. The molecule has 0 spiro atoms. The van der Waals surface area contributed by atoms with Crippen LogP contribution in [0.4, 0.5) is 10.1 Å². The summed E-state index contributed by atoms with van der Waals surface area (Å²) < 4.78 is 14.2. The van der Waals surface area contributed by atoms with Gasteiger partial charge >= 0.3 is 5.97 Å². The predicted molar refractivity (Wildman–Crippen MR) is 141 cm³/mol. The summed E-state index contributed by atoms with van der Waals surface area (Å²) in [5.74, 6) is -2.71. The normalized spacial score (nSPS) is 18.3. The Hall–Kier alpha value is -2.60. The van der Waals surface area contributed by atoms with Gasteiger partial charge in [0.05, 0.1) is 24.3 Å². The monoisotopic (exact) mass is 525 g/mol. The van der Waals surface area contributed by atoms with Gasteiger partial charge in [0.25, 0.3) is 0 Å². The molecule has 1 aliphatic heterocycles. The van der Waals surface area contributed by atoms with Crippen molar-refractivity contribution in [1.29, 1.82) is 0 Å². The van der Waals surface area contributed by atoms with Gasteiger partial charge < -0.3 is 32.3 Å². The van der Waals surface area contributed by atoms with Gasteiger partial charge in [-0.2, -0.15) is 0 Å². The van der Waals surface area contributed by atoms with Gasteiger partial charge in [-0.3, -0.25) is 19.3 Å². The fourth-order valence-electron chi connectivity index (χ4n) is 4.04. The number of aliphatic carboxylic acids is 1. The molecule has 1 saturated heterocycles. The van der Waals surface area contributed by atoms with Crippen LogP contribution < -0.4 is 22.1 Å². The van der Waals surface area contributed by atoms with E-state index < -0.39 is 35.4 Å². The third-order valence-electron chi connectivity index (χ3n) is 6.73. The smallest absolute Gasteiger partial charge is 0.306 e. The van der Waals surface area contributed by atoms with Gasteiger partial charge in [-0.05, 0) is 38.3 Å². The molecule has 11 heteroatoms. The zero-order valence-corrected chi connectivity index (χ0v) is 22.8. The SMILES string of the molecule is CC(C)C(CC(O)C(N)CN1CC(=O)N(c2cccc(F)c2CN)CC1(C)C)C(=O)O.CC(C)C(N)=O. The number of benzene rings is 1. The minimum absolute atomic E-state index is 0.00926. The standard InChI is InChI=1S/C22H35FN4O4.C4H9NO/c1-13(2)14(21(30)31)8-19(28)17(25)10-26-11-20(29)27(12-22(26,3)4)18-7-5-6-16(23)15(18)9-24;1-3(2)4(5)6/h5-7,13-14,17,19,28H,8-12,24-25H2,1-4H3,(H,30,31);3H,1-2H3,(H2,5,6). The first kappa shape index (κ1) is 32.4. The van der Waals surface area contributed by atoms with E-state index in [2.05, 4.69) is 0 Å². The lowest BCUT2D eigenvalue weighted by Crippen LogP contribution is -2.64. The summed E-state index contributed by atoms with van der Waals surface area (Å²) in [5.41, 5.74) is 17.0. The van der Waals surface area contributed by atoms with Crippen molar-refractivity contribution < 1.29 is 29.0 Å². The third-order valence-corrected chi connectivity index (χ3v) is 6.73. The Morgan fingerprint density at radius 3 is 2.22 bits per heavy atom. The molecule has 0 radical (unpaired) electrons. The van der Waals surface area contributed by atoms with Gasteiger partial charge in [-0.15, -0.1) is 0 Å². The average molecular weight is 526 g/mol. The van der Waals surface area contributed by atoms with Crippen LogP contribution in [0.3, 0.4) is 0 Å². The number of rotatable bonds is 10. The maximum Gasteiger partial charge on any atom is 0.306 e. The molecule has 1 aromatic carbocycles. The quantitative estimate of drug-likeness (QED) is 0.303. The molecule has 3 unspecified atom stereocenters. The van der Waals surface area contributed by atoms with Gasteiger partial charge in [0, 0.05) is 42.7 Å². The molecular weight excluding hydrogens is 481 g/mol. The van der Waals surface area contributed by atoms with Crippen LogP contribution in [0.15, 0.2) is 18.2 Å². The highest BCUT2D eigenvalue weighted by atomic mass is 19.1. The number of anilines is 1. The molecule has 1 heterocycles. The molecule has 1 aliphatic rings. The Morgan fingerprint density at radius 2 is 1.76 bits per heavy atom.